The van der Waals surface area contributed by atoms with E-state index in [0.717, 1.165) is 11.2 Å². The molecule has 4 N–H and O–H groups in total. The number of H-pyrrole nitrogens is 1. The number of benzene rings is 1. The van der Waals surface area contributed by atoms with Gasteiger partial charge in [0, 0.05) is 36.0 Å². The minimum absolute atomic E-state index is 0.130. The van der Waals surface area contributed by atoms with Crippen LogP contribution in [0.1, 0.15) is 58.7 Å². The summed E-state index contributed by atoms with van der Waals surface area (Å²) in [5, 5.41) is 15.1. The van der Waals surface area contributed by atoms with Crippen molar-refractivity contribution >= 4 is 17.0 Å². The van der Waals surface area contributed by atoms with Gasteiger partial charge >= 0.3 is 6.09 Å². The molecule has 4 rings (SSSR count). The molecule has 2 aromatic rings. The number of hydrogen-bond donors (Lipinski definition) is 3. The summed E-state index contributed by atoms with van der Waals surface area (Å²) < 4.78 is 5.99. The van der Waals surface area contributed by atoms with Crippen LogP contribution in [0.25, 0.3) is 10.9 Å². The van der Waals surface area contributed by atoms with E-state index in [1.54, 1.807) is 6.92 Å². The van der Waals surface area contributed by atoms with Gasteiger partial charge in [0.15, 0.2) is 11.3 Å². The third kappa shape index (κ3) is 3.22. The first-order chi connectivity index (χ1) is 13.4. The lowest BCUT2D eigenvalue weighted by atomic mass is 9.68. The number of aliphatic hydroxyl groups is 1. The number of nitrogens with two attached hydrogens (primary N) is 1. The second-order valence-electron chi connectivity index (χ2n) is 10.5. The number of nitrogens with zero attached hydrogens (tertiary/aromatic N) is 1. The maximum absolute atomic E-state index is 12.9. The fraction of sp³-hybridized carbons (Fsp3) is 0.609. The molecule has 1 atom stereocenters. The second-order valence-corrected chi connectivity index (χ2v) is 10.5. The predicted molar refractivity (Wildman–Crippen MR) is 113 cm³/mol. The van der Waals surface area contributed by atoms with Gasteiger partial charge in [0.05, 0.1) is 11.1 Å². The first kappa shape index (κ1) is 20.2. The van der Waals surface area contributed by atoms with Crippen LogP contribution in [0.5, 0.6) is 0 Å². The number of piperidine rings is 1. The second kappa shape index (κ2) is 6.22. The first-order valence-corrected chi connectivity index (χ1v) is 10.5. The van der Waals surface area contributed by atoms with E-state index in [1.807, 2.05) is 12.1 Å². The van der Waals surface area contributed by atoms with Gasteiger partial charge in [-0.1, -0.05) is 18.2 Å². The van der Waals surface area contributed by atoms with Gasteiger partial charge in [-0.25, -0.2) is 4.79 Å². The Balaban J connectivity index is 1.62. The Labute approximate surface area is 172 Å². The van der Waals surface area contributed by atoms with Crippen molar-refractivity contribution in [3.63, 3.8) is 0 Å². The molecule has 1 amide bonds. The normalized spacial score (nSPS) is 27.6. The number of aryl methyl sites for hydroxylation is 1. The Hall–Kier alpha value is -2.05. The van der Waals surface area contributed by atoms with Crippen molar-refractivity contribution in [1.82, 2.24) is 9.88 Å². The van der Waals surface area contributed by atoms with Crippen molar-refractivity contribution in [1.29, 1.82) is 0 Å². The predicted octanol–water partition coefficient (Wildman–Crippen LogP) is 2.83. The number of aromatic nitrogens is 1. The summed E-state index contributed by atoms with van der Waals surface area (Å²) in [6.45, 7) is 12.8. The van der Waals surface area contributed by atoms with Gasteiger partial charge in [0.1, 0.15) is 0 Å². The zero-order chi connectivity index (χ0) is 21.2. The number of para-hydroxylation sites is 1. The zero-order valence-corrected chi connectivity index (χ0v) is 18.4. The molecule has 29 heavy (non-hydrogen) atoms. The lowest BCUT2D eigenvalue weighted by Gasteiger charge is -2.51. The van der Waals surface area contributed by atoms with E-state index < -0.39 is 17.4 Å². The van der Waals surface area contributed by atoms with Gasteiger partial charge in [-0.15, -0.1) is 0 Å². The minimum atomic E-state index is -1.35. The summed E-state index contributed by atoms with van der Waals surface area (Å²) in [6, 6.07) is 8.19. The van der Waals surface area contributed by atoms with Crippen LogP contribution in [0.4, 0.5) is 4.79 Å². The van der Waals surface area contributed by atoms with Crippen LogP contribution >= 0.6 is 0 Å². The Morgan fingerprint density at radius 2 is 1.76 bits per heavy atom. The molecule has 0 bridgehead atoms. The smallest absolute Gasteiger partial charge is 0.412 e. The average molecular weight is 401 g/mol. The highest BCUT2D eigenvalue weighted by molar-refractivity contribution is 5.84. The molecule has 0 radical (unpaired) electrons. The van der Waals surface area contributed by atoms with E-state index in [4.69, 9.17) is 4.74 Å². The molecule has 0 unspecified atom stereocenters. The highest BCUT2D eigenvalue weighted by atomic mass is 16.6. The molecule has 6 nitrogen and oxygen atoms in total. The standard InChI is InChI=1S/C23H33N3O3/c1-15-16(17-9-7-8-10-18(17)24-15)11-12-26-19(27)29-23(22(26,6)28)13-20(2,3)25-21(4,5)14-23/h7-10,24-25,28H,11-14H2,1-6H3/p+1/t22-/m1/s1. The highest BCUT2D eigenvalue weighted by Gasteiger charge is 2.68. The molecule has 2 saturated heterocycles. The molecule has 2 aliphatic heterocycles. The van der Waals surface area contributed by atoms with Gasteiger partial charge in [-0.2, -0.15) is 0 Å². The van der Waals surface area contributed by atoms with Crippen LogP contribution in [0, 0.1) is 6.92 Å². The van der Waals surface area contributed by atoms with E-state index >= 15 is 0 Å². The fourth-order valence-corrected chi connectivity index (χ4v) is 6.03. The number of quaternary nitrogens is 1. The van der Waals surface area contributed by atoms with Crippen molar-refractivity contribution in [2.75, 3.05) is 6.54 Å². The number of rotatable bonds is 3. The molecule has 1 aromatic heterocycles. The molecular formula is C23H34N3O3+. The molecule has 0 aliphatic carbocycles. The number of ether oxygens (including phenoxy) is 1. The molecule has 158 valence electrons. The summed E-state index contributed by atoms with van der Waals surface area (Å²) in [4.78, 5) is 17.9. The molecule has 0 saturated carbocycles. The topological polar surface area (TPSA) is 82.2 Å². The van der Waals surface area contributed by atoms with E-state index in [-0.39, 0.29) is 11.1 Å². The third-order valence-electron chi connectivity index (χ3n) is 6.77. The minimum Gasteiger partial charge on any atom is -0.437 e. The molecule has 2 aliphatic rings. The average Bonchev–Trinajstić information content (AvgIpc) is 2.94. The first-order valence-electron chi connectivity index (χ1n) is 10.5. The summed E-state index contributed by atoms with van der Waals surface area (Å²) >= 11 is 0. The Morgan fingerprint density at radius 3 is 2.41 bits per heavy atom. The molecular weight excluding hydrogens is 366 g/mol. The van der Waals surface area contributed by atoms with Gasteiger partial charge in [0.25, 0.3) is 0 Å². The van der Waals surface area contributed by atoms with Crippen LogP contribution in [0.15, 0.2) is 24.3 Å². The number of aromatic amines is 1. The maximum Gasteiger partial charge on any atom is 0.412 e. The van der Waals surface area contributed by atoms with E-state index in [1.165, 1.54) is 15.8 Å². The maximum atomic E-state index is 12.9. The number of carbonyl (C=O) groups excluding carboxylic acids is 1. The molecule has 1 aromatic carbocycles. The largest absolute Gasteiger partial charge is 0.437 e. The number of nitrogens with one attached hydrogen (secondary N) is 1. The summed E-state index contributed by atoms with van der Waals surface area (Å²) in [7, 11) is 0. The van der Waals surface area contributed by atoms with Gasteiger partial charge < -0.3 is 20.1 Å². The molecule has 2 fully saturated rings. The Morgan fingerprint density at radius 1 is 1.14 bits per heavy atom. The highest BCUT2D eigenvalue weighted by Crippen LogP contribution is 2.48. The van der Waals surface area contributed by atoms with Crippen LogP contribution in [-0.4, -0.2) is 50.0 Å². The van der Waals surface area contributed by atoms with E-state index in [9.17, 15) is 9.90 Å². The fourth-order valence-electron chi connectivity index (χ4n) is 6.03. The van der Waals surface area contributed by atoms with Crippen molar-refractivity contribution in [3.8, 4) is 0 Å². The molecule has 1 spiro atoms. The molecule has 3 heterocycles. The number of carbonyl (C=O) groups is 1. The number of fused-ring (bicyclic) bond motifs is 1. The van der Waals surface area contributed by atoms with Gasteiger partial charge in [0.2, 0.25) is 0 Å². The quantitative estimate of drug-likeness (QED) is 0.741. The SMILES string of the molecule is Cc1[nH]c2ccccc2c1CCN1C(=O)OC2(CC(C)(C)[NH2+]C(C)(C)C2)[C@@]1(C)O. The Kier molecular flexibility index (Phi) is 4.34. The summed E-state index contributed by atoms with van der Waals surface area (Å²) in [5.41, 5.74) is 0.864. The number of hydrogen-bond acceptors (Lipinski definition) is 3. The van der Waals surface area contributed by atoms with Crippen LogP contribution < -0.4 is 5.32 Å². The van der Waals surface area contributed by atoms with Crippen molar-refractivity contribution < 1.29 is 20.0 Å². The van der Waals surface area contributed by atoms with Crippen molar-refractivity contribution in [2.24, 2.45) is 0 Å². The van der Waals surface area contributed by atoms with Gasteiger partial charge in [-0.3, -0.25) is 4.90 Å². The summed E-state index contributed by atoms with van der Waals surface area (Å²) in [5.74, 6) is 0. The number of amides is 1. The van der Waals surface area contributed by atoms with E-state index in [2.05, 4.69) is 57.1 Å². The van der Waals surface area contributed by atoms with Gasteiger partial charge in [-0.05, 0) is 59.6 Å². The van der Waals surface area contributed by atoms with Crippen molar-refractivity contribution in [2.45, 2.75) is 83.2 Å². The van der Waals surface area contributed by atoms with Crippen LogP contribution in [-0.2, 0) is 11.2 Å². The Bertz CT molecular complexity index is 941. The molecule has 6 heteroatoms. The van der Waals surface area contributed by atoms with Crippen molar-refractivity contribution in [3.05, 3.63) is 35.5 Å². The third-order valence-corrected chi connectivity index (χ3v) is 6.77. The monoisotopic (exact) mass is 400 g/mol. The lowest BCUT2D eigenvalue weighted by Crippen LogP contribution is -3.07. The lowest BCUT2D eigenvalue weighted by molar-refractivity contribution is -0.793. The summed E-state index contributed by atoms with van der Waals surface area (Å²) in [6.07, 6.45) is 1.48. The van der Waals surface area contributed by atoms with Crippen LogP contribution in [0.2, 0.25) is 0 Å². The zero-order valence-electron chi connectivity index (χ0n) is 18.4. The van der Waals surface area contributed by atoms with E-state index in [0.29, 0.717) is 25.8 Å². The van der Waals surface area contributed by atoms with Crippen LogP contribution in [0.3, 0.4) is 0 Å².